The predicted molar refractivity (Wildman–Crippen MR) is 116 cm³/mol. The molecule has 8 heteroatoms. The summed E-state index contributed by atoms with van der Waals surface area (Å²) < 4.78 is 0. The van der Waals surface area contributed by atoms with Crippen LogP contribution < -0.4 is 16.0 Å². The van der Waals surface area contributed by atoms with E-state index in [9.17, 15) is 9.59 Å². The van der Waals surface area contributed by atoms with Crippen molar-refractivity contribution in [3.05, 3.63) is 47.0 Å². The Morgan fingerprint density at radius 1 is 1.24 bits per heavy atom. The Hall–Kier alpha value is -2.45. The Morgan fingerprint density at radius 2 is 2.07 bits per heavy atom. The van der Waals surface area contributed by atoms with Gasteiger partial charge in [-0.25, -0.2) is 9.78 Å². The maximum atomic E-state index is 12.1. The Bertz CT molecular complexity index is 795. The van der Waals surface area contributed by atoms with Crippen LogP contribution in [0.1, 0.15) is 37.4 Å². The van der Waals surface area contributed by atoms with Gasteiger partial charge >= 0.3 is 6.03 Å². The molecule has 3 amide bonds. The zero-order valence-corrected chi connectivity index (χ0v) is 17.6. The molecule has 0 radical (unpaired) electrons. The number of carbonyl (C=O) groups excluding carboxylic acids is 2. The van der Waals surface area contributed by atoms with E-state index in [0.717, 1.165) is 36.8 Å². The third-order valence-corrected chi connectivity index (χ3v) is 5.66. The summed E-state index contributed by atoms with van der Waals surface area (Å²) in [6.45, 7) is 6.07. The van der Waals surface area contributed by atoms with Gasteiger partial charge in [-0.1, -0.05) is 37.3 Å². The molecule has 1 aromatic heterocycles. The highest BCUT2D eigenvalue weighted by molar-refractivity contribution is 7.13. The monoisotopic (exact) mass is 415 g/mol. The molecule has 156 valence electrons. The molecule has 0 aliphatic carbocycles. The fraction of sp³-hybridized carbons (Fsp3) is 0.476. The van der Waals surface area contributed by atoms with E-state index in [4.69, 9.17) is 0 Å². The first kappa shape index (κ1) is 21.3. The first-order chi connectivity index (χ1) is 14.1. The van der Waals surface area contributed by atoms with E-state index in [1.807, 2.05) is 35.7 Å². The third kappa shape index (κ3) is 7.47. The van der Waals surface area contributed by atoms with Crippen molar-refractivity contribution >= 4 is 28.4 Å². The summed E-state index contributed by atoms with van der Waals surface area (Å²) in [5.41, 5.74) is 2.02. The van der Waals surface area contributed by atoms with Gasteiger partial charge in [0.25, 0.3) is 0 Å². The smallest absolute Gasteiger partial charge is 0.315 e. The molecule has 0 saturated carbocycles. The molecule has 1 fully saturated rings. The summed E-state index contributed by atoms with van der Waals surface area (Å²) in [4.78, 5) is 30.8. The number of amides is 3. The topological polar surface area (TPSA) is 86.4 Å². The van der Waals surface area contributed by atoms with Gasteiger partial charge in [0, 0.05) is 38.0 Å². The van der Waals surface area contributed by atoms with Crippen LogP contribution in [-0.2, 0) is 17.9 Å². The zero-order valence-electron chi connectivity index (χ0n) is 16.8. The van der Waals surface area contributed by atoms with Gasteiger partial charge in [0.1, 0.15) is 0 Å². The van der Waals surface area contributed by atoms with E-state index in [1.54, 1.807) is 0 Å². The summed E-state index contributed by atoms with van der Waals surface area (Å²) in [5, 5.41) is 10.9. The fourth-order valence-electron chi connectivity index (χ4n) is 3.41. The van der Waals surface area contributed by atoms with Gasteiger partial charge in [-0.05, 0) is 30.9 Å². The molecular formula is C21H29N5O2S. The molecule has 1 atom stereocenters. The van der Waals surface area contributed by atoms with E-state index < -0.39 is 0 Å². The minimum atomic E-state index is -0.283. The Morgan fingerprint density at radius 3 is 2.86 bits per heavy atom. The van der Waals surface area contributed by atoms with Crippen molar-refractivity contribution in [3.8, 4) is 0 Å². The van der Waals surface area contributed by atoms with Gasteiger partial charge in [0.15, 0.2) is 5.13 Å². The molecule has 0 unspecified atom stereocenters. The number of likely N-dealkylation sites (tertiary alicyclic amines) is 1. The van der Waals surface area contributed by atoms with E-state index in [1.165, 1.54) is 24.2 Å². The summed E-state index contributed by atoms with van der Waals surface area (Å²) in [6.07, 6.45) is 2.74. The van der Waals surface area contributed by atoms with Crippen LogP contribution in [0.25, 0.3) is 0 Å². The average molecular weight is 416 g/mol. The number of nitrogens with one attached hydrogen (secondary N) is 3. The van der Waals surface area contributed by atoms with Crippen molar-refractivity contribution < 1.29 is 9.59 Å². The number of anilines is 1. The molecule has 3 rings (SSSR count). The summed E-state index contributed by atoms with van der Waals surface area (Å²) >= 11 is 1.44. The Labute approximate surface area is 175 Å². The second-order valence-electron chi connectivity index (χ2n) is 7.52. The van der Waals surface area contributed by atoms with Crippen LogP contribution >= 0.6 is 11.3 Å². The first-order valence-corrected chi connectivity index (χ1v) is 11.0. The molecule has 1 aliphatic rings. The van der Waals surface area contributed by atoms with Crippen molar-refractivity contribution in [2.45, 2.75) is 39.3 Å². The summed E-state index contributed by atoms with van der Waals surface area (Å²) in [7, 11) is 0. The van der Waals surface area contributed by atoms with Crippen molar-refractivity contribution in [2.24, 2.45) is 5.92 Å². The lowest BCUT2D eigenvalue weighted by Gasteiger charge is -2.30. The molecule has 29 heavy (non-hydrogen) atoms. The number of piperidine rings is 1. The van der Waals surface area contributed by atoms with E-state index in [2.05, 4.69) is 32.8 Å². The third-order valence-electron chi connectivity index (χ3n) is 4.86. The van der Waals surface area contributed by atoms with Gasteiger partial charge in [-0.2, -0.15) is 0 Å². The molecule has 3 N–H and O–H groups in total. The minimum Gasteiger partial charge on any atom is -0.338 e. The van der Waals surface area contributed by atoms with Gasteiger partial charge in [0.05, 0.1) is 5.69 Å². The highest BCUT2D eigenvalue weighted by atomic mass is 32.1. The maximum absolute atomic E-state index is 12.1. The highest BCUT2D eigenvalue weighted by Gasteiger charge is 2.17. The lowest BCUT2D eigenvalue weighted by atomic mass is 10.0. The number of thiazole rings is 1. The predicted octanol–water partition coefficient (Wildman–Crippen LogP) is 3.20. The number of hydrogen-bond donors (Lipinski definition) is 3. The second kappa shape index (κ2) is 10.9. The molecule has 0 spiro atoms. The molecular weight excluding hydrogens is 386 g/mol. The van der Waals surface area contributed by atoms with Crippen molar-refractivity contribution in [3.63, 3.8) is 0 Å². The molecule has 1 aliphatic heterocycles. The van der Waals surface area contributed by atoms with Crippen molar-refractivity contribution in [1.82, 2.24) is 20.5 Å². The summed E-state index contributed by atoms with van der Waals surface area (Å²) in [5.74, 6) is 0.583. The van der Waals surface area contributed by atoms with E-state index >= 15 is 0 Å². The van der Waals surface area contributed by atoms with Gasteiger partial charge in [-0.3, -0.25) is 9.69 Å². The Kier molecular flexibility index (Phi) is 8.01. The molecule has 7 nitrogen and oxygen atoms in total. The molecule has 1 aromatic carbocycles. The largest absolute Gasteiger partial charge is 0.338 e. The molecule has 2 heterocycles. The van der Waals surface area contributed by atoms with Crippen LogP contribution in [0.2, 0.25) is 0 Å². The number of nitrogens with zero attached hydrogens (tertiary/aromatic N) is 2. The van der Waals surface area contributed by atoms with Gasteiger partial charge in [0.2, 0.25) is 5.91 Å². The quantitative estimate of drug-likeness (QED) is 0.618. The molecule has 2 aromatic rings. The second-order valence-corrected chi connectivity index (χ2v) is 8.38. The zero-order chi connectivity index (χ0) is 20.5. The highest BCUT2D eigenvalue weighted by Crippen LogP contribution is 2.20. The van der Waals surface area contributed by atoms with Crippen molar-refractivity contribution in [1.29, 1.82) is 0 Å². The van der Waals surface area contributed by atoms with Crippen LogP contribution in [0.4, 0.5) is 9.93 Å². The van der Waals surface area contributed by atoms with Crippen molar-refractivity contribution in [2.75, 3.05) is 25.0 Å². The lowest BCUT2D eigenvalue weighted by molar-refractivity contribution is -0.116. The number of hydrogen-bond acceptors (Lipinski definition) is 5. The number of aromatic nitrogens is 1. The first-order valence-electron chi connectivity index (χ1n) is 10.1. The standard InChI is InChI=1S/C21H29N5O2S/c1-16-6-5-11-26(13-16)14-18-15-29-21(24-18)25-19(27)9-10-22-20(28)23-12-17-7-3-2-4-8-17/h2-4,7-8,15-16H,5-6,9-14H2,1H3,(H2,22,23,28)(H,24,25,27)/t16-/m1/s1. The normalized spacial score (nSPS) is 16.9. The van der Waals surface area contributed by atoms with Crippen LogP contribution in [0.3, 0.4) is 0 Å². The Balaban J connectivity index is 1.32. The SMILES string of the molecule is C[C@@H]1CCCN(Cc2csc(NC(=O)CCNC(=O)NCc3ccccc3)n2)C1. The van der Waals surface area contributed by atoms with E-state index in [0.29, 0.717) is 11.7 Å². The van der Waals surface area contributed by atoms with Crippen LogP contribution in [0, 0.1) is 5.92 Å². The van der Waals surface area contributed by atoms with Crippen LogP contribution in [0.15, 0.2) is 35.7 Å². The van der Waals surface area contributed by atoms with Gasteiger partial charge < -0.3 is 16.0 Å². The molecule has 0 bridgehead atoms. The average Bonchev–Trinajstić information content (AvgIpc) is 3.14. The lowest BCUT2D eigenvalue weighted by Crippen LogP contribution is -2.36. The van der Waals surface area contributed by atoms with Crippen LogP contribution in [-0.4, -0.2) is 41.5 Å². The van der Waals surface area contributed by atoms with Gasteiger partial charge in [-0.15, -0.1) is 11.3 Å². The summed E-state index contributed by atoms with van der Waals surface area (Å²) in [6, 6.07) is 9.40. The minimum absolute atomic E-state index is 0.152. The number of benzene rings is 1. The number of urea groups is 1. The maximum Gasteiger partial charge on any atom is 0.315 e. The fourth-order valence-corrected chi connectivity index (χ4v) is 4.13. The number of rotatable bonds is 8. The number of carbonyl (C=O) groups is 2. The van der Waals surface area contributed by atoms with Crippen LogP contribution in [0.5, 0.6) is 0 Å². The van der Waals surface area contributed by atoms with E-state index in [-0.39, 0.29) is 24.9 Å². The molecule has 1 saturated heterocycles.